The molecule has 0 radical (unpaired) electrons. The molecule has 0 fully saturated rings. The summed E-state index contributed by atoms with van der Waals surface area (Å²) in [7, 11) is 0. The minimum absolute atomic E-state index is 0.132. The van der Waals surface area contributed by atoms with Gasteiger partial charge in [-0.15, -0.1) is 0 Å². The van der Waals surface area contributed by atoms with Crippen LogP contribution in [0.3, 0.4) is 0 Å². The average Bonchev–Trinajstić information content (AvgIpc) is 2.78. The van der Waals surface area contributed by atoms with E-state index in [9.17, 15) is 24.6 Å². The first kappa shape index (κ1) is 25.9. The molecule has 178 valence electrons. The highest BCUT2D eigenvalue weighted by atomic mass is 16.4. The van der Waals surface area contributed by atoms with Crippen molar-refractivity contribution in [2.45, 2.75) is 45.3 Å². The van der Waals surface area contributed by atoms with Crippen LogP contribution >= 0.6 is 0 Å². The van der Waals surface area contributed by atoms with Crippen LogP contribution in [0.2, 0.25) is 0 Å². The van der Waals surface area contributed by atoms with Crippen molar-refractivity contribution in [1.29, 1.82) is 0 Å². The molecule has 0 saturated carbocycles. The molecular weight excluding hydrogens is 422 g/mol. The maximum Gasteiger partial charge on any atom is 0.326 e. The zero-order valence-electron chi connectivity index (χ0n) is 19.1. The fourth-order valence-corrected chi connectivity index (χ4v) is 3.47. The number of carboxylic acids is 1. The van der Waals surface area contributed by atoms with E-state index < -0.39 is 30.1 Å². The van der Waals surface area contributed by atoms with E-state index in [2.05, 4.69) is 5.32 Å². The average molecular weight is 456 g/mol. The lowest BCUT2D eigenvalue weighted by atomic mass is 10.0. The number of carbonyl (C=O) groups excluding carboxylic acids is 2. The van der Waals surface area contributed by atoms with Crippen LogP contribution in [-0.2, 0) is 16.0 Å². The van der Waals surface area contributed by atoms with Crippen molar-refractivity contribution >= 4 is 17.9 Å². The van der Waals surface area contributed by atoms with Crippen molar-refractivity contribution in [2.75, 3.05) is 13.1 Å². The summed E-state index contributed by atoms with van der Waals surface area (Å²) in [5.74, 6) is -1.77. The molecule has 8 heteroatoms. The summed E-state index contributed by atoms with van der Waals surface area (Å²) in [6.45, 7) is 4.58. The van der Waals surface area contributed by atoms with Gasteiger partial charge < -0.3 is 26.2 Å². The Kier molecular flexibility index (Phi) is 9.87. The van der Waals surface area contributed by atoms with Crippen LogP contribution in [0.4, 0.5) is 4.79 Å². The van der Waals surface area contributed by atoms with E-state index in [4.69, 9.17) is 5.73 Å². The number of primary amides is 1. The Balaban J connectivity index is 2.02. The number of aliphatic carboxylic acids is 1. The Morgan fingerprint density at radius 2 is 1.61 bits per heavy atom. The van der Waals surface area contributed by atoms with Crippen LogP contribution in [-0.4, -0.2) is 58.3 Å². The summed E-state index contributed by atoms with van der Waals surface area (Å²) in [6.07, 6.45) is -0.623. The fraction of sp³-hybridized carbons (Fsp3) is 0.400. The van der Waals surface area contributed by atoms with Crippen molar-refractivity contribution in [2.24, 2.45) is 11.7 Å². The van der Waals surface area contributed by atoms with Crippen LogP contribution in [0.15, 0.2) is 54.6 Å². The molecule has 33 heavy (non-hydrogen) atoms. The number of carbonyl (C=O) groups is 3. The number of carboxylic acid groups (broad SMARTS) is 1. The molecule has 5 N–H and O–H groups in total. The van der Waals surface area contributed by atoms with Gasteiger partial charge >= 0.3 is 12.0 Å². The third kappa shape index (κ3) is 8.57. The highest BCUT2D eigenvalue weighted by Gasteiger charge is 2.24. The SMILES string of the molecule is CC(C)CN(CCCC(O)C(N)=O)C(=O)N[C@@H](Cc1ccc(-c2ccccc2)cc1)C(=O)O. The first-order valence-corrected chi connectivity index (χ1v) is 11.1. The van der Waals surface area contributed by atoms with E-state index in [1.165, 1.54) is 4.90 Å². The molecule has 0 saturated heterocycles. The Morgan fingerprint density at radius 1 is 1.00 bits per heavy atom. The first-order chi connectivity index (χ1) is 15.7. The van der Waals surface area contributed by atoms with E-state index in [0.29, 0.717) is 13.0 Å². The lowest BCUT2D eigenvalue weighted by Crippen LogP contribution is -2.50. The second-order valence-corrected chi connectivity index (χ2v) is 8.51. The molecule has 0 bridgehead atoms. The van der Waals surface area contributed by atoms with Gasteiger partial charge in [-0.2, -0.15) is 0 Å². The first-order valence-electron chi connectivity index (χ1n) is 11.1. The van der Waals surface area contributed by atoms with Crippen molar-refractivity contribution in [3.05, 3.63) is 60.2 Å². The number of nitrogens with two attached hydrogens (primary N) is 1. The number of hydrogen-bond donors (Lipinski definition) is 4. The number of hydrogen-bond acceptors (Lipinski definition) is 4. The van der Waals surface area contributed by atoms with Crippen LogP contribution in [0.1, 0.15) is 32.3 Å². The molecule has 0 heterocycles. The minimum Gasteiger partial charge on any atom is -0.480 e. The molecule has 0 aliphatic rings. The summed E-state index contributed by atoms with van der Waals surface area (Å²) >= 11 is 0. The van der Waals surface area contributed by atoms with E-state index in [0.717, 1.165) is 16.7 Å². The third-order valence-corrected chi connectivity index (χ3v) is 5.20. The molecule has 2 atom stereocenters. The van der Waals surface area contributed by atoms with E-state index in [-0.39, 0.29) is 25.3 Å². The molecule has 8 nitrogen and oxygen atoms in total. The van der Waals surface area contributed by atoms with Gasteiger partial charge in [0.25, 0.3) is 0 Å². The van der Waals surface area contributed by atoms with Gasteiger partial charge in [0.1, 0.15) is 12.1 Å². The molecule has 0 aromatic heterocycles. The van der Waals surface area contributed by atoms with Gasteiger partial charge in [0.15, 0.2) is 0 Å². The summed E-state index contributed by atoms with van der Waals surface area (Å²) in [5.41, 5.74) is 7.95. The number of amides is 3. The molecule has 1 unspecified atom stereocenters. The highest BCUT2D eigenvalue weighted by molar-refractivity contribution is 5.83. The number of nitrogens with zero attached hydrogens (tertiary/aromatic N) is 1. The Hall–Kier alpha value is -3.39. The molecule has 3 amide bonds. The van der Waals surface area contributed by atoms with Crippen LogP contribution in [0.5, 0.6) is 0 Å². The zero-order valence-corrected chi connectivity index (χ0v) is 19.1. The van der Waals surface area contributed by atoms with Crippen LogP contribution in [0, 0.1) is 5.92 Å². The second kappa shape index (κ2) is 12.6. The maximum atomic E-state index is 12.8. The monoisotopic (exact) mass is 455 g/mol. The van der Waals surface area contributed by atoms with Gasteiger partial charge in [-0.25, -0.2) is 9.59 Å². The molecule has 0 aliphatic carbocycles. The van der Waals surface area contributed by atoms with Gasteiger partial charge in [0, 0.05) is 19.5 Å². The van der Waals surface area contributed by atoms with E-state index >= 15 is 0 Å². The number of nitrogens with one attached hydrogen (secondary N) is 1. The lowest BCUT2D eigenvalue weighted by molar-refractivity contribution is -0.139. The number of aliphatic hydroxyl groups excluding tert-OH is 1. The summed E-state index contributed by atoms with van der Waals surface area (Å²) in [6, 6.07) is 15.9. The van der Waals surface area contributed by atoms with Crippen molar-refractivity contribution in [3.8, 4) is 11.1 Å². The van der Waals surface area contributed by atoms with Gasteiger partial charge in [-0.05, 0) is 35.4 Å². The van der Waals surface area contributed by atoms with E-state index in [1.807, 2.05) is 68.4 Å². The van der Waals surface area contributed by atoms with E-state index in [1.54, 1.807) is 0 Å². The lowest BCUT2D eigenvalue weighted by Gasteiger charge is -2.27. The summed E-state index contributed by atoms with van der Waals surface area (Å²) < 4.78 is 0. The molecule has 0 aliphatic heterocycles. The summed E-state index contributed by atoms with van der Waals surface area (Å²) in [4.78, 5) is 37.2. The van der Waals surface area contributed by atoms with Crippen molar-refractivity contribution in [1.82, 2.24) is 10.2 Å². The van der Waals surface area contributed by atoms with Crippen molar-refractivity contribution in [3.63, 3.8) is 0 Å². The van der Waals surface area contributed by atoms with Crippen molar-refractivity contribution < 1.29 is 24.6 Å². The normalized spacial score (nSPS) is 12.7. The third-order valence-electron chi connectivity index (χ3n) is 5.20. The topological polar surface area (TPSA) is 133 Å². The molecule has 2 rings (SSSR count). The quantitative estimate of drug-likeness (QED) is 0.390. The van der Waals surface area contributed by atoms with Crippen LogP contribution < -0.4 is 11.1 Å². The predicted octanol–water partition coefficient (Wildman–Crippen LogP) is 2.64. The maximum absolute atomic E-state index is 12.8. The Labute approximate surface area is 194 Å². The number of rotatable bonds is 12. The van der Waals surface area contributed by atoms with Gasteiger partial charge in [0.05, 0.1) is 0 Å². The largest absolute Gasteiger partial charge is 0.480 e. The fourth-order valence-electron chi connectivity index (χ4n) is 3.47. The second-order valence-electron chi connectivity index (χ2n) is 8.51. The Morgan fingerprint density at radius 3 is 2.15 bits per heavy atom. The number of aliphatic hydroxyl groups is 1. The highest BCUT2D eigenvalue weighted by Crippen LogP contribution is 2.20. The molecular formula is C25H33N3O5. The van der Waals surface area contributed by atoms with Crippen LogP contribution in [0.25, 0.3) is 11.1 Å². The number of urea groups is 1. The molecule has 2 aromatic carbocycles. The Bertz CT molecular complexity index is 915. The zero-order chi connectivity index (χ0) is 24.4. The smallest absolute Gasteiger partial charge is 0.326 e. The summed E-state index contributed by atoms with van der Waals surface area (Å²) in [5, 5.41) is 21.8. The standard InChI is InChI=1S/C25H33N3O5/c1-17(2)16-28(14-6-9-22(29)23(26)30)25(33)27-21(24(31)32)15-18-10-12-20(13-11-18)19-7-4-3-5-8-19/h3-5,7-8,10-13,17,21-22,29H,6,9,14-16H2,1-2H3,(H2,26,30)(H,27,33)(H,31,32)/t21-,22?/m0/s1. The van der Waals surface area contributed by atoms with Gasteiger partial charge in [0.2, 0.25) is 5.91 Å². The minimum atomic E-state index is -1.26. The van der Waals surface area contributed by atoms with Gasteiger partial charge in [-0.1, -0.05) is 68.4 Å². The van der Waals surface area contributed by atoms with Gasteiger partial charge in [-0.3, -0.25) is 4.79 Å². The molecule has 0 spiro atoms. The predicted molar refractivity (Wildman–Crippen MR) is 126 cm³/mol. The molecule has 2 aromatic rings. The number of benzene rings is 2.